The van der Waals surface area contributed by atoms with E-state index in [1.54, 1.807) is 6.92 Å². The minimum absolute atomic E-state index is 0.0906. The summed E-state index contributed by atoms with van der Waals surface area (Å²) in [4.78, 5) is 11.4. The first-order chi connectivity index (χ1) is 9.02. The molecule has 19 heavy (non-hydrogen) atoms. The first kappa shape index (κ1) is 13.7. The molecule has 0 radical (unpaired) electrons. The number of nitrogens with one attached hydrogen (secondary N) is 1. The molecule has 0 spiro atoms. The van der Waals surface area contributed by atoms with Gasteiger partial charge < -0.3 is 15.0 Å². The van der Waals surface area contributed by atoms with Crippen LogP contribution in [-0.2, 0) is 11.2 Å². The van der Waals surface area contributed by atoms with Crippen LogP contribution in [0.5, 0.6) is 5.75 Å². The van der Waals surface area contributed by atoms with Crippen molar-refractivity contribution in [3.63, 3.8) is 0 Å². The largest absolute Gasteiger partial charge is 0.547 e. The van der Waals surface area contributed by atoms with Gasteiger partial charge in [-0.2, -0.15) is 0 Å². The van der Waals surface area contributed by atoms with Gasteiger partial charge in [0.15, 0.2) is 0 Å². The van der Waals surface area contributed by atoms with Gasteiger partial charge >= 0.3 is 7.12 Å². The predicted molar refractivity (Wildman–Crippen MR) is 75.7 cm³/mol. The van der Waals surface area contributed by atoms with Crippen LogP contribution in [0.15, 0.2) is 24.8 Å². The second-order valence-corrected chi connectivity index (χ2v) is 4.81. The summed E-state index contributed by atoms with van der Waals surface area (Å²) >= 11 is 0. The van der Waals surface area contributed by atoms with Crippen LogP contribution in [0.4, 0.5) is 0 Å². The molecule has 4 nitrogen and oxygen atoms in total. The van der Waals surface area contributed by atoms with Crippen LogP contribution in [0.1, 0.15) is 31.4 Å². The maximum Gasteiger partial charge on any atom is 0.547 e. The van der Waals surface area contributed by atoms with E-state index in [9.17, 15) is 9.82 Å². The lowest BCUT2D eigenvalue weighted by Gasteiger charge is -2.29. The highest BCUT2D eigenvalue weighted by molar-refractivity contribution is 6.46. The zero-order valence-corrected chi connectivity index (χ0v) is 11.3. The molecule has 0 saturated carbocycles. The van der Waals surface area contributed by atoms with Crippen molar-refractivity contribution in [1.29, 1.82) is 0 Å². The van der Waals surface area contributed by atoms with E-state index < -0.39 is 13.1 Å². The fraction of sp³-hybridized carbons (Fsp3) is 0.357. The summed E-state index contributed by atoms with van der Waals surface area (Å²) in [5.41, 5.74) is 2.77. The summed E-state index contributed by atoms with van der Waals surface area (Å²) in [6, 6.07) is 5.79. The third kappa shape index (κ3) is 2.81. The Hall–Kier alpha value is -1.75. The monoisotopic (exact) mass is 259 g/mol. The maximum absolute atomic E-state index is 11.4. The van der Waals surface area contributed by atoms with Gasteiger partial charge in [-0.1, -0.05) is 31.7 Å². The number of fused-ring (bicyclic) bond motifs is 1. The lowest BCUT2D eigenvalue weighted by atomic mass is 9.72. The van der Waals surface area contributed by atoms with Crippen LogP contribution in [0, 0.1) is 0 Å². The Bertz CT molecular complexity index is 515. The van der Waals surface area contributed by atoms with E-state index in [0.717, 1.165) is 16.7 Å². The van der Waals surface area contributed by atoms with Crippen molar-refractivity contribution in [1.82, 2.24) is 5.32 Å². The van der Waals surface area contributed by atoms with E-state index in [1.165, 1.54) is 0 Å². The van der Waals surface area contributed by atoms with Crippen LogP contribution in [0.2, 0.25) is 0 Å². The van der Waals surface area contributed by atoms with Crippen molar-refractivity contribution in [3.05, 3.63) is 35.9 Å². The maximum atomic E-state index is 11.4. The number of hydrogen-bond donors (Lipinski definition) is 2. The van der Waals surface area contributed by atoms with Gasteiger partial charge in [-0.25, -0.2) is 0 Å². The Kier molecular flexibility index (Phi) is 3.95. The molecule has 1 aliphatic rings. The normalized spacial score (nSPS) is 17.4. The third-order valence-electron chi connectivity index (χ3n) is 3.25. The second-order valence-electron chi connectivity index (χ2n) is 4.81. The summed E-state index contributed by atoms with van der Waals surface area (Å²) in [5.74, 6) is 0.178. The zero-order chi connectivity index (χ0) is 14.0. The Morgan fingerprint density at radius 1 is 1.63 bits per heavy atom. The molecule has 5 heteroatoms. The highest BCUT2D eigenvalue weighted by Gasteiger charge is 2.36. The van der Waals surface area contributed by atoms with Crippen molar-refractivity contribution in [2.75, 3.05) is 0 Å². The molecule has 0 aromatic heterocycles. The molecule has 0 unspecified atom stereocenters. The van der Waals surface area contributed by atoms with Gasteiger partial charge in [0.2, 0.25) is 5.91 Å². The van der Waals surface area contributed by atoms with E-state index >= 15 is 0 Å². The molecule has 100 valence electrons. The first-order valence-corrected chi connectivity index (χ1v) is 6.44. The lowest BCUT2D eigenvalue weighted by molar-refractivity contribution is -0.121. The number of rotatable bonds is 3. The number of carbonyl (C=O) groups excluding carboxylic acids is 1. The van der Waals surface area contributed by atoms with Gasteiger partial charge in [0.1, 0.15) is 5.75 Å². The van der Waals surface area contributed by atoms with E-state index in [0.29, 0.717) is 18.6 Å². The van der Waals surface area contributed by atoms with Crippen LogP contribution in [0.25, 0.3) is 5.57 Å². The van der Waals surface area contributed by atoms with Crippen molar-refractivity contribution in [2.45, 2.75) is 32.6 Å². The number of allylic oxidation sites excluding steroid dienone is 1. The molecular formula is C14H18BNO3. The molecule has 1 amide bonds. The number of hydrogen-bond acceptors (Lipinski definition) is 3. The molecule has 1 aromatic carbocycles. The van der Waals surface area contributed by atoms with Gasteiger partial charge in [-0.05, 0) is 24.5 Å². The van der Waals surface area contributed by atoms with E-state index in [-0.39, 0.29) is 5.91 Å². The quantitative estimate of drug-likeness (QED) is 0.810. The lowest BCUT2D eigenvalue weighted by Crippen LogP contribution is -2.53. The smallest absolute Gasteiger partial charge is 0.534 e. The molecule has 0 saturated heterocycles. The van der Waals surface area contributed by atoms with Crippen LogP contribution in [0.3, 0.4) is 0 Å². The summed E-state index contributed by atoms with van der Waals surface area (Å²) in [5, 5.41) is 12.8. The summed E-state index contributed by atoms with van der Waals surface area (Å²) in [6.07, 6.45) is 0.950. The van der Waals surface area contributed by atoms with Crippen LogP contribution in [-0.4, -0.2) is 24.0 Å². The number of amides is 1. The van der Waals surface area contributed by atoms with Gasteiger partial charge in [0.05, 0.1) is 5.94 Å². The molecule has 1 atom stereocenters. The average Bonchev–Trinajstić information content (AvgIpc) is 2.38. The molecular weight excluding hydrogens is 241 g/mol. The first-order valence-electron chi connectivity index (χ1n) is 6.44. The molecule has 2 rings (SSSR count). The summed E-state index contributed by atoms with van der Waals surface area (Å²) in [6.45, 7) is 7.58. The highest BCUT2D eigenvalue weighted by atomic mass is 16.5. The standard InChI is InChI=1S/C14H18BNO3/c1-4-13(17)16-12-8-10-6-5-7-11(9(2)3)14(10)19-15(12)18/h5-7,12,18H,2,4,8H2,1,3H3,(H,16,17)/t12-/m0/s1. The summed E-state index contributed by atoms with van der Waals surface area (Å²) in [7, 11) is -1.02. The zero-order valence-electron chi connectivity index (χ0n) is 11.3. The SMILES string of the molecule is C=C(C)c1cccc2c1OB(O)[C@@H](NC(=O)CC)C2. The summed E-state index contributed by atoms with van der Waals surface area (Å²) < 4.78 is 5.56. The molecule has 1 aromatic rings. The Labute approximate surface area is 113 Å². The Balaban J connectivity index is 2.26. The highest BCUT2D eigenvalue weighted by Crippen LogP contribution is 2.33. The Morgan fingerprint density at radius 2 is 2.37 bits per heavy atom. The molecule has 0 fully saturated rings. The third-order valence-corrected chi connectivity index (χ3v) is 3.25. The minimum Gasteiger partial charge on any atom is -0.534 e. The topological polar surface area (TPSA) is 58.6 Å². The minimum atomic E-state index is -1.02. The molecule has 1 aliphatic heterocycles. The van der Waals surface area contributed by atoms with Gasteiger partial charge in [0.25, 0.3) is 0 Å². The average molecular weight is 259 g/mol. The molecule has 0 bridgehead atoms. The van der Waals surface area contributed by atoms with Crippen molar-refractivity contribution >= 4 is 18.6 Å². The van der Waals surface area contributed by atoms with E-state index in [1.807, 2.05) is 25.1 Å². The van der Waals surface area contributed by atoms with E-state index in [4.69, 9.17) is 4.65 Å². The fourth-order valence-corrected chi connectivity index (χ4v) is 2.19. The number of carbonyl (C=O) groups is 1. The van der Waals surface area contributed by atoms with Crippen LogP contribution >= 0.6 is 0 Å². The second kappa shape index (κ2) is 5.49. The van der Waals surface area contributed by atoms with Gasteiger partial charge in [-0.15, -0.1) is 0 Å². The predicted octanol–water partition coefficient (Wildman–Crippen LogP) is 1.57. The van der Waals surface area contributed by atoms with Crippen LogP contribution < -0.4 is 9.97 Å². The fourth-order valence-electron chi connectivity index (χ4n) is 2.19. The molecule has 2 N–H and O–H groups in total. The van der Waals surface area contributed by atoms with Crippen molar-refractivity contribution < 1.29 is 14.5 Å². The van der Waals surface area contributed by atoms with Crippen molar-refractivity contribution in [2.24, 2.45) is 0 Å². The van der Waals surface area contributed by atoms with Crippen molar-refractivity contribution in [3.8, 4) is 5.75 Å². The van der Waals surface area contributed by atoms with E-state index in [2.05, 4.69) is 11.9 Å². The Morgan fingerprint density at radius 3 is 3.00 bits per heavy atom. The molecule has 0 aliphatic carbocycles. The number of benzene rings is 1. The van der Waals surface area contributed by atoms with Gasteiger partial charge in [-0.3, -0.25) is 4.79 Å². The molecule has 1 heterocycles. The van der Waals surface area contributed by atoms with Gasteiger partial charge in [0, 0.05) is 12.0 Å². The number of para-hydroxylation sites is 1.